The fraction of sp³-hybridized carbons (Fsp3) is 0.368. The Morgan fingerprint density at radius 2 is 2.13 bits per heavy atom. The van der Waals surface area contributed by atoms with E-state index in [4.69, 9.17) is 15.2 Å². The highest BCUT2D eigenvalue weighted by Gasteiger charge is 2.21. The number of morpholine rings is 1. The Bertz CT molecular complexity index is 1120. The van der Waals surface area contributed by atoms with Gasteiger partial charge in [0, 0.05) is 29.7 Å². The fourth-order valence-corrected chi connectivity index (χ4v) is 5.16. The number of thiophene rings is 1. The van der Waals surface area contributed by atoms with Crippen molar-refractivity contribution in [3.05, 3.63) is 38.6 Å². The second-order valence-electron chi connectivity index (χ2n) is 6.85. The molecule has 0 aliphatic carbocycles. The molecule has 31 heavy (non-hydrogen) atoms. The van der Waals surface area contributed by atoms with Crippen molar-refractivity contribution >= 4 is 60.2 Å². The van der Waals surface area contributed by atoms with Crippen LogP contribution >= 0.6 is 27.3 Å². The number of pyridine rings is 1. The van der Waals surface area contributed by atoms with E-state index in [1.807, 2.05) is 11.8 Å². The lowest BCUT2D eigenvalue weighted by atomic mass is 10.1. The standard InChI is InChI=1S/C19H24BrN5O4S2/c1-11(13-9-14(24-31(4,26)27)18(28-3)22-10-13)17-16(15(20)12(2)30-17)23-19(21)25-5-7-29-8-6-25/h9-10,24H,1,5-8H2,2-4H3,(H2,21,23). The number of anilines is 1. The molecule has 0 spiro atoms. The van der Waals surface area contributed by atoms with E-state index in [9.17, 15) is 8.42 Å². The third-order valence-corrected chi connectivity index (χ3v) is 7.49. The number of nitrogens with one attached hydrogen (secondary N) is 1. The van der Waals surface area contributed by atoms with Crippen LogP contribution in [0.25, 0.3) is 5.57 Å². The zero-order valence-electron chi connectivity index (χ0n) is 17.4. The number of methoxy groups -OCH3 is 1. The summed E-state index contributed by atoms with van der Waals surface area (Å²) in [7, 11) is -2.09. The molecule has 0 saturated carbocycles. The number of nitrogens with two attached hydrogens (primary N) is 1. The van der Waals surface area contributed by atoms with Crippen molar-refractivity contribution in [2.75, 3.05) is 44.4 Å². The quantitative estimate of drug-likeness (QED) is 0.436. The number of aliphatic imine (C=N–C) groups is 1. The highest BCUT2D eigenvalue weighted by molar-refractivity contribution is 9.10. The second kappa shape index (κ2) is 9.55. The average molecular weight is 530 g/mol. The Hall–Kier alpha value is -2.15. The molecule has 3 rings (SSSR count). The monoisotopic (exact) mass is 529 g/mol. The molecule has 3 N–H and O–H groups in total. The molecule has 0 bridgehead atoms. The molecule has 12 heteroatoms. The number of aromatic nitrogens is 1. The Morgan fingerprint density at radius 1 is 1.45 bits per heavy atom. The van der Waals surface area contributed by atoms with E-state index in [1.165, 1.54) is 18.4 Å². The van der Waals surface area contributed by atoms with Crippen molar-refractivity contribution < 1.29 is 17.9 Å². The third kappa shape index (κ3) is 5.56. The van der Waals surface area contributed by atoms with E-state index >= 15 is 0 Å². The number of hydrogen-bond acceptors (Lipinski definition) is 7. The predicted molar refractivity (Wildman–Crippen MR) is 128 cm³/mol. The van der Waals surface area contributed by atoms with Crippen LogP contribution in [-0.4, -0.2) is 63.9 Å². The summed E-state index contributed by atoms with van der Waals surface area (Å²) >= 11 is 5.12. The molecule has 0 aromatic carbocycles. The zero-order chi connectivity index (χ0) is 22.8. The van der Waals surface area contributed by atoms with Crippen LogP contribution < -0.4 is 15.2 Å². The summed E-state index contributed by atoms with van der Waals surface area (Å²) in [6, 6.07) is 1.64. The summed E-state index contributed by atoms with van der Waals surface area (Å²) in [5.74, 6) is 0.573. The normalized spacial score (nSPS) is 15.1. The highest BCUT2D eigenvalue weighted by atomic mass is 79.9. The Balaban J connectivity index is 2.01. The summed E-state index contributed by atoms with van der Waals surface area (Å²) in [4.78, 5) is 12.7. The summed E-state index contributed by atoms with van der Waals surface area (Å²) in [5.41, 5.74) is 8.43. The smallest absolute Gasteiger partial charge is 0.238 e. The van der Waals surface area contributed by atoms with Gasteiger partial charge in [-0.1, -0.05) is 6.58 Å². The topological polar surface area (TPSA) is 119 Å². The van der Waals surface area contributed by atoms with E-state index < -0.39 is 10.0 Å². The van der Waals surface area contributed by atoms with Gasteiger partial charge in [0.1, 0.15) is 11.4 Å². The van der Waals surface area contributed by atoms with E-state index in [0.717, 1.165) is 20.5 Å². The Labute approximate surface area is 194 Å². The van der Waals surface area contributed by atoms with Gasteiger partial charge in [0.05, 0.1) is 35.9 Å². The first-order valence-corrected chi connectivity index (χ1v) is 12.8. The summed E-state index contributed by atoms with van der Waals surface area (Å²) in [6.45, 7) is 8.74. The number of rotatable bonds is 6. The number of ether oxygens (including phenoxy) is 2. The van der Waals surface area contributed by atoms with Gasteiger partial charge in [-0.15, -0.1) is 11.3 Å². The highest BCUT2D eigenvalue weighted by Crippen LogP contribution is 2.45. The van der Waals surface area contributed by atoms with Gasteiger partial charge in [-0.05, 0) is 34.5 Å². The predicted octanol–water partition coefficient (Wildman–Crippen LogP) is 2.93. The molecular formula is C19H24BrN5O4S2. The summed E-state index contributed by atoms with van der Waals surface area (Å²) < 4.78 is 37.3. The third-order valence-electron chi connectivity index (χ3n) is 4.51. The molecule has 0 unspecified atom stereocenters. The van der Waals surface area contributed by atoms with Crippen molar-refractivity contribution in [1.29, 1.82) is 0 Å². The maximum Gasteiger partial charge on any atom is 0.238 e. The second-order valence-corrected chi connectivity index (χ2v) is 10.6. The van der Waals surface area contributed by atoms with Crippen LogP contribution in [0.15, 0.2) is 28.3 Å². The van der Waals surface area contributed by atoms with Gasteiger partial charge in [-0.3, -0.25) is 4.72 Å². The molecule has 0 amide bonds. The molecule has 1 saturated heterocycles. The van der Waals surface area contributed by atoms with E-state index in [-0.39, 0.29) is 11.6 Å². The molecule has 1 aliphatic rings. The van der Waals surface area contributed by atoms with Crippen molar-refractivity contribution in [1.82, 2.24) is 9.88 Å². The van der Waals surface area contributed by atoms with Gasteiger partial charge >= 0.3 is 0 Å². The first-order chi connectivity index (χ1) is 14.6. The van der Waals surface area contributed by atoms with Crippen LogP contribution in [-0.2, 0) is 14.8 Å². The molecular weight excluding hydrogens is 506 g/mol. The SMILES string of the molecule is C=C(c1cnc(OC)c(NS(C)(=O)=O)c1)c1sc(C)c(Br)c1/N=C(\N)N1CCOCC1. The van der Waals surface area contributed by atoms with Crippen LogP contribution in [0, 0.1) is 6.92 Å². The average Bonchev–Trinajstić information content (AvgIpc) is 3.01. The minimum absolute atomic E-state index is 0.167. The zero-order valence-corrected chi connectivity index (χ0v) is 20.7. The first kappa shape index (κ1) is 23.5. The minimum Gasteiger partial charge on any atom is -0.480 e. The Kier molecular flexibility index (Phi) is 7.24. The van der Waals surface area contributed by atoms with Gasteiger partial charge in [0.25, 0.3) is 0 Å². The minimum atomic E-state index is -3.51. The van der Waals surface area contributed by atoms with Crippen molar-refractivity contribution in [2.45, 2.75) is 6.92 Å². The van der Waals surface area contributed by atoms with Crippen LogP contribution in [0.5, 0.6) is 5.88 Å². The maximum atomic E-state index is 11.7. The number of sulfonamides is 1. The molecule has 2 aromatic rings. The molecule has 2 aromatic heterocycles. The van der Waals surface area contributed by atoms with Gasteiger partial charge in [-0.25, -0.2) is 18.4 Å². The molecule has 9 nitrogen and oxygen atoms in total. The number of halogens is 1. The number of guanidine groups is 1. The van der Waals surface area contributed by atoms with Crippen molar-refractivity contribution in [3.8, 4) is 5.88 Å². The first-order valence-electron chi connectivity index (χ1n) is 9.28. The summed E-state index contributed by atoms with van der Waals surface area (Å²) in [5, 5.41) is 0. The molecule has 1 fully saturated rings. The molecule has 3 heterocycles. The summed E-state index contributed by atoms with van der Waals surface area (Å²) in [6.07, 6.45) is 2.64. The van der Waals surface area contributed by atoms with Crippen LogP contribution in [0.2, 0.25) is 0 Å². The lowest BCUT2D eigenvalue weighted by molar-refractivity contribution is 0.0675. The van der Waals surface area contributed by atoms with Crippen molar-refractivity contribution in [2.24, 2.45) is 10.7 Å². The lowest BCUT2D eigenvalue weighted by Gasteiger charge is -2.27. The molecule has 168 valence electrons. The van der Waals surface area contributed by atoms with Gasteiger partial charge in [0.2, 0.25) is 15.9 Å². The lowest BCUT2D eigenvalue weighted by Crippen LogP contribution is -2.44. The van der Waals surface area contributed by atoms with E-state index in [2.05, 4.69) is 37.2 Å². The van der Waals surface area contributed by atoms with E-state index in [0.29, 0.717) is 49.1 Å². The number of nitrogens with zero attached hydrogens (tertiary/aromatic N) is 3. The number of hydrogen-bond donors (Lipinski definition) is 2. The van der Waals surface area contributed by atoms with Gasteiger partial charge < -0.3 is 20.1 Å². The van der Waals surface area contributed by atoms with Crippen molar-refractivity contribution in [3.63, 3.8) is 0 Å². The van der Waals surface area contributed by atoms with Gasteiger partial charge in [0.15, 0.2) is 5.96 Å². The number of aryl methyl sites for hydroxylation is 1. The molecule has 0 radical (unpaired) electrons. The van der Waals surface area contributed by atoms with Crippen LogP contribution in [0.4, 0.5) is 11.4 Å². The Morgan fingerprint density at radius 3 is 2.74 bits per heavy atom. The fourth-order valence-electron chi connectivity index (χ4n) is 2.98. The molecule has 1 aliphatic heterocycles. The maximum absolute atomic E-state index is 11.7. The van der Waals surface area contributed by atoms with E-state index in [1.54, 1.807) is 12.3 Å². The van der Waals surface area contributed by atoms with Crippen LogP contribution in [0.1, 0.15) is 15.3 Å². The van der Waals surface area contributed by atoms with Crippen LogP contribution in [0.3, 0.4) is 0 Å². The largest absolute Gasteiger partial charge is 0.480 e. The van der Waals surface area contributed by atoms with Gasteiger partial charge in [-0.2, -0.15) is 0 Å². The molecule has 0 atom stereocenters.